The van der Waals surface area contributed by atoms with Crippen molar-refractivity contribution in [3.63, 3.8) is 0 Å². The van der Waals surface area contributed by atoms with Crippen molar-refractivity contribution in [2.75, 3.05) is 0 Å². The van der Waals surface area contributed by atoms with Gasteiger partial charge in [0.25, 0.3) is 0 Å². The van der Waals surface area contributed by atoms with Gasteiger partial charge in [0.15, 0.2) is 0 Å². The summed E-state index contributed by atoms with van der Waals surface area (Å²) in [7, 11) is 0. The molecule has 0 bridgehead atoms. The van der Waals surface area contributed by atoms with E-state index in [0.717, 1.165) is 12.2 Å². The standard InChI is InChI=1S/C13H15OS.2ClH.Ti/c1-13(2,3)14-11-8-9-15-12(11)10-6-4-5-7-10;;;/h4,6,8-9H,5H2,1-3H3;2*1H;/q;;;+2/p-2. The number of allylic oxidation sites excluding steroid dienone is 4. The van der Waals surface area contributed by atoms with Gasteiger partial charge in [0.1, 0.15) is 0 Å². The number of hydrogen-bond donors (Lipinski definition) is 0. The molecule has 0 unspecified atom stereocenters. The normalized spacial score (nSPS) is 14.3. The van der Waals surface area contributed by atoms with Gasteiger partial charge in [0, 0.05) is 0 Å². The van der Waals surface area contributed by atoms with E-state index in [2.05, 4.69) is 64.8 Å². The van der Waals surface area contributed by atoms with Crippen molar-refractivity contribution in [2.45, 2.75) is 32.8 Å². The largest absolute Gasteiger partial charge is 1.00 e. The Labute approximate surface area is 137 Å². The van der Waals surface area contributed by atoms with Gasteiger partial charge in [-0.2, -0.15) is 0 Å². The van der Waals surface area contributed by atoms with Crippen LogP contribution in [0.4, 0.5) is 0 Å². The third kappa shape index (κ3) is 4.43. The monoisotopic (exact) mass is 337 g/mol. The average molecular weight is 338 g/mol. The molecule has 0 amide bonds. The molecule has 1 aliphatic carbocycles. The van der Waals surface area contributed by atoms with Crippen molar-refractivity contribution >= 4 is 16.9 Å². The summed E-state index contributed by atoms with van der Waals surface area (Å²) in [6, 6.07) is 2.07. The molecule has 1 heterocycles. The molecular weight excluding hydrogens is 323 g/mol. The number of ether oxygens (including phenoxy) is 1. The van der Waals surface area contributed by atoms with Gasteiger partial charge < -0.3 is 24.8 Å². The molecule has 1 aromatic rings. The van der Waals surface area contributed by atoms with E-state index in [1.807, 2.05) is 0 Å². The second-order valence-corrected chi connectivity index (χ2v) is 6.69. The Bertz CT molecular complexity index is 458. The molecule has 0 atom stereocenters. The molecule has 0 saturated carbocycles. The topological polar surface area (TPSA) is 9.23 Å². The van der Waals surface area contributed by atoms with E-state index < -0.39 is 0 Å². The van der Waals surface area contributed by atoms with Crippen LogP contribution >= 0.6 is 11.3 Å². The van der Waals surface area contributed by atoms with Crippen molar-refractivity contribution in [1.29, 1.82) is 0 Å². The van der Waals surface area contributed by atoms with Gasteiger partial charge in [-0.25, -0.2) is 0 Å². The van der Waals surface area contributed by atoms with Gasteiger partial charge >= 0.3 is 113 Å². The van der Waals surface area contributed by atoms with Crippen molar-refractivity contribution < 1.29 is 50.0 Å². The number of thiophene rings is 1. The Morgan fingerprint density at radius 3 is 2.44 bits per heavy atom. The molecule has 0 aliphatic heterocycles. The minimum absolute atomic E-state index is 0. The predicted octanol–water partition coefficient (Wildman–Crippen LogP) is -1.85. The van der Waals surface area contributed by atoms with Gasteiger partial charge in [-0.1, -0.05) is 0 Å². The number of rotatable bonds is 2. The van der Waals surface area contributed by atoms with E-state index in [-0.39, 0.29) is 30.4 Å². The fraction of sp³-hybridized carbons (Fsp3) is 0.385. The van der Waals surface area contributed by atoms with Crippen LogP contribution in [-0.2, 0) is 20.4 Å². The first-order valence-corrected chi connectivity index (χ1v) is 7.01. The molecule has 0 N–H and O–H groups in total. The van der Waals surface area contributed by atoms with Crippen LogP contribution in [0.25, 0.3) is 5.57 Å². The molecule has 0 saturated heterocycles. The molecule has 18 heavy (non-hydrogen) atoms. The van der Waals surface area contributed by atoms with Gasteiger partial charge in [-0.3, -0.25) is 0 Å². The smallest absolute Gasteiger partial charge is 1.00 e. The van der Waals surface area contributed by atoms with Crippen LogP contribution in [-0.4, -0.2) is 5.60 Å². The van der Waals surface area contributed by atoms with Crippen molar-refractivity contribution in [1.82, 2.24) is 0 Å². The number of hydrogen-bond acceptors (Lipinski definition) is 2. The summed E-state index contributed by atoms with van der Waals surface area (Å²) in [4.78, 5) is 1.26. The average Bonchev–Trinajstić information content (AvgIpc) is 2.71. The summed E-state index contributed by atoms with van der Waals surface area (Å²) in [6.07, 6.45) is 5.49. The minimum Gasteiger partial charge on any atom is -1.00 e. The van der Waals surface area contributed by atoms with Crippen LogP contribution in [0.5, 0.6) is 5.75 Å². The van der Waals surface area contributed by atoms with Crippen molar-refractivity contribution in [3.8, 4) is 5.75 Å². The zero-order valence-corrected chi connectivity index (χ0v) is 14.5. The molecule has 0 fully saturated rings. The first kappa shape index (κ1) is 18.3. The first-order valence-electron chi connectivity index (χ1n) is 5.35. The maximum atomic E-state index is 5.98. The summed E-state index contributed by atoms with van der Waals surface area (Å²) < 4.78 is 7.41. The first-order chi connectivity index (χ1) is 7.47. The second kappa shape index (κ2) is 7.16. The Balaban J connectivity index is 0.00000144. The summed E-state index contributed by atoms with van der Waals surface area (Å²) in [5.74, 6) is 1.01. The van der Waals surface area contributed by atoms with Crippen LogP contribution < -0.4 is 29.6 Å². The Kier molecular flexibility index (Phi) is 7.27. The fourth-order valence-electron chi connectivity index (χ4n) is 1.62. The fourth-order valence-corrected chi connectivity index (χ4v) is 3.14. The van der Waals surface area contributed by atoms with Crippen LogP contribution in [0.15, 0.2) is 27.5 Å². The van der Waals surface area contributed by atoms with Gasteiger partial charge in [0.05, 0.1) is 0 Å². The molecule has 5 heteroatoms. The van der Waals surface area contributed by atoms with E-state index in [0.29, 0.717) is 0 Å². The van der Waals surface area contributed by atoms with Crippen LogP contribution in [0, 0.1) is 0 Å². The molecule has 0 spiro atoms. The maximum absolute atomic E-state index is 5.98. The SMILES string of the molecule is CC(C)(C)Oc1ccsc1C1=[C]([Ti+2])CC=C1.[Cl-].[Cl-]. The predicted molar refractivity (Wildman–Crippen MR) is 65.4 cm³/mol. The number of halogens is 2. The van der Waals surface area contributed by atoms with Crippen molar-refractivity contribution in [3.05, 3.63) is 32.4 Å². The summed E-state index contributed by atoms with van der Waals surface area (Å²) in [6.45, 7) is 6.25. The molecule has 1 nitrogen and oxygen atoms in total. The van der Waals surface area contributed by atoms with E-state index in [9.17, 15) is 0 Å². The van der Waals surface area contributed by atoms with E-state index in [1.54, 1.807) is 11.3 Å². The van der Waals surface area contributed by atoms with Gasteiger partial charge in [-0.15, -0.1) is 0 Å². The van der Waals surface area contributed by atoms with Gasteiger partial charge in [-0.05, 0) is 0 Å². The third-order valence-electron chi connectivity index (χ3n) is 2.22. The maximum Gasteiger partial charge on any atom is -1.00 e. The zero-order valence-electron chi connectivity index (χ0n) is 10.6. The molecule has 1 aliphatic rings. The Morgan fingerprint density at radius 2 is 1.94 bits per heavy atom. The molecule has 2 rings (SSSR count). The minimum atomic E-state index is -0.132. The van der Waals surface area contributed by atoms with E-state index in [4.69, 9.17) is 4.74 Å². The molecule has 1 aromatic heterocycles. The summed E-state index contributed by atoms with van der Waals surface area (Å²) in [5.41, 5.74) is 1.21. The molecule has 97 valence electrons. The molecule has 0 aromatic carbocycles. The van der Waals surface area contributed by atoms with Gasteiger partial charge in [0.2, 0.25) is 0 Å². The van der Waals surface area contributed by atoms with Crippen LogP contribution in [0.2, 0.25) is 0 Å². The van der Waals surface area contributed by atoms with Crippen LogP contribution in [0.1, 0.15) is 32.1 Å². The molecule has 0 radical (unpaired) electrons. The Morgan fingerprint density at radius 1 is 1.28 bits per heavy atom. The zero-order chi connectivity index (χ0) is 11.8. The van der Waals surface area contributed by atoms with Crippen LogP contribution in [0.3, 0.4) is 0 Å². The quantitative estimate of drug-likeness (QED) is 0.576. The summed E-state index contributed by atoms with van der Waals surface area (Å²) in [5, 5.41) is 2.10. The molecular formula is C13H15Cl2OSTi. The third-order valence-corrected chi connectivity index (χ3v) is 3.89. The van der Waals surface area contributed by atoms with E-state index >= 15 is 0 Å². The Hall–Kier alpha value is 0.274. The second-order valence-electron chi connectivity index (χ2n) is 4.83. The summed E-state index contributed by atoms with van der Waals surface area (Å²) >= 11 is 3.95. The van der Waals surface area contributed by atoms with E-state index in [1.165, 1.54) is 14.3 Å². The van der Waals surface area contributed by atoms with Crippen molar-refractivity contribution in [2.24, 2.45) is 0 Å².